The van der Waals surface area contributed by atoms with Gasteiger partial charge in [-0.25, -0.2) is 13.6 Å². The van der Waals surface area contributed by atoms with Crippen molar-refractivity contribution < 1.29 is 22.6 Å². The van der Waals surface area contributed by atoms with Crippen LogP contribution in [0.25, 0.3) is 0 Å². The van der Waals surface area contributed by atoms with Crippen molar-refractivity contribution in [3.05, 3.63) is 24.3 Å². The summed E-state index contributed by atoms with van der Waals surface area (Å²) in [4.78, 5) is 0. The van der Waals surface area contributed by atoms with Gasteiger partial charge < -0.3 is 14.2 Å². The van der Waals surface area contributed by atoms with Crippen LogP contribution in [0.15, 0.2) is 24.3 Å². The Bertz CT molecular complexity index is 566. The molecule has 21 heavy (non-hydrogen) atoms. The Kier molecular flexibility index (Phi) is 5.08. The highest BCUT2D eigenvalue weighted by molar-refractivity contribution is 7.89. The highest BCUT2D eigenvalue weighted by Crippen LogP contribution is 2.34. The fraction of sp³-hybridized carbons (Fsp3) is 0.571. The Labute approximate surface area is 125 Å². The third kappa shape index (κ3) is 4.59. The van der Waals surface area contributed by atoms with E-state index in [1.54, 1.807) is 19.2 Å². The van der Waals surface area contributed by atoms with Gasteiger partial charge in [-0.3, -0.25) is 0 Å². The maximum atomic E-state index is 11.5. The molecule has 0 spiro atoms. The van der Waals surface area contributed by atoms with Crippen molar-refractivity contribution in [1.29, 1.82) is 0 Å². The SMILES string of the molecule is COc1ccccc1OCC1(CS(N)(=O)=O)CCOCC1. The van der Waals surface area contributed by atoms with Crippen LogP contribution in [-0.2, 0) is 14.8 Å². The molecule has 1 aromatic rings. The Balaban J connectivity index is 2.12. The van der Waals surface area contributed by atoms with Crippen molar-refractivity contribution in [2.24, 2.45) is 10.6 Å². The van der Waals surface area contributed by atoms with Gasteiger partial charge in [0.05, 0.1) is 19.5 Å². The van der Waals surface area contributed by atoms with Crippen LogP contribution >= 0.6 is 0 Å². The van der Waals surface area contributed by atoms with Crippen LogP contribution in [0.4, 0.5) is 0 Å². The topological polar surface area (TPSA) is 87.9 Å². The molecule has 0 aliphatic carbocycles. The van der Waals surface area contributed by atoms with Crippen molar-refractivity contribution in [2.75, 3.05) is 32.7 Å². The standard InChI is InChI=1S/C14H21NO5S/c1-18-12-4-2-3-5-13(12)20-10-14(11-21(15,16)17)6-8-19-9-7-14/h2-5H,6-11H2,1H3,(H2,15,16,17). The second-order valence-corrected chi connectivity index (χ2v) is 6.97. The molecule has 2 rings (SSSR count). The zero-order chi connectivity index (χ0) is 15.3. The van der Waals surface area contributed by atoms with E-state index < -0.39 is 15.4 Å². The van der Waals surface area contributed by atoms with Crippen LogP contribution in [0.5, 0.6) is 11.5 Å². The first kappa shape index (κ1) is 16.1. The molecule has 6 nitrogen and oxygen atoms in total. The number of nitrogens with two attached hydrogens (primary N) is 1. The van der Waals surface area contributed by atoms with E-state index in [2.05, 4.69) is 0 Å². The van der Waals surface area contributed by atoms with Gasteiger partial charge in [-0.05, 0) is 25.0 Å². The third-order valence-electron chi connectivity index (χ3n) is 3.66. The molecule has 2 N–H and O–H groups in total. The minimum atomic E-state index is -3.57. The Morgan fingerprint density at radius 3 is 2.43 bits per heavy atom. The summed E-state index contributed by atoms with van der Waals surface area (Å²) >= 11 is 0. The summed E-state index contributed by atoms with van der Waals surface area (Å²) in [5, 5.41) is 5.23. The highest BCUT2D eigenvalue weighted by Gasteiger charge is 2.37. The van der Waals surface area contributed by atoms with Gasteiger partial charge >= 0.3 is 0 Å². The predicted molar refractivity (Wildman–Crippen MR) is 78.9 cm³/mol. The summed E-state index contributed by atoms with van der Waals surface area (Å²) in [6.45, 7) is 1.31. The van der Waals surface area contributed by atoms with Gasteiger partial charge in [-0.1, -0.05) is 12.1 Å². The van der Waals surface area contributed by atoms with Crippen molar-refractivity contribution >= 4 is 10.0 Å². The van der Waals surface area contributed by atoms with Crippen LogP contribution in [0.3, 0.4) is 0 Å². The molecule has 7 heteroatoms. The number of primary sulfonamides is 1. The lowest BCUT2D eigenvalue weighted by Crippen LogP contribution is -2.42. The first-order valence-electron chi connectivity index (χ1n) is 6.78. The summed E-state index contributed by atoms with van der Waals surface area (Å²) in [7, 11) is -2.00. The second-order valence-electron chi connectivity index (χ2n) is 5.36. The molecule has 0 unspecified atom stereocenters. The van der Waals surface area contributed by atoms with Gasteiger partial charge in [0, 0.05) is 18.6 Å². The zero-order valence-electron chi connectivity index (χ0n) is 12.1. The molecule has 0 bridgehead atoms. The number of rotatable bonds is 6. The monoisotopic (exact) mass is 315 g/mol. The maximum absolute atomic E-state index is 11.5. The Morgan fingerprint density at radius 2 is 1.86 bits per heavy atom. The minimum Gasteiger partial charge on any atom is -0.493 e. The molecule has 0 amide bonds. The van der Waals surface area contributed by atoms with Gasteiger partial charge in [-0.2, -0.15) is 0 Å². The van der Waals surface area contributed by atoms with Crippen molar-refractivity contribution in [3.8, 4) is 11.5 Å². The van der Waals surface area contributed by atoms with E-state index >= 15 is 0 Å². The molecule has 0 radical (unpaired) electrons. The molecule has 1 aliphatic rings. The molecule has 1 aliphatic heterocycles. The average molecular weight is 315 g/mol. The van der Waals surface area contributed by atoms with Gasteiger partial charge in [0.25, 0.3) is 0 Å². The van der Waals surface area contributed by atoms with Crippen molar-refractivity contribution in [2.45, 2.75) is 12.8 Å². The molecule has 0 atom stereocenters. The van der Waals surface area contributed by atoms with Gasteiger partial charge in [0.15, 0.2) is 11.5 Å². The van der Waals surface area contributed by atoms with Crippen LogP contribution in [0.2, 0.25) is 0 Å². The molecular formula is C14H21NO5S. The zero-order valence-corrected chi connectivity index (χ0v) is 12.9. The van der Waals surface area contributed by atoms with E-state index in [1.807, 2.05) is 12.1 Å². The number of benzene rings is 1. The number of sulfonamides is 1. The fourth-order valence-electron chi connectivity index (χ4n) is 2.53. The highest BCUT2D eigenvalue weighted by atomic mass is 32.2. The van der Waals surface area contributed by atoms with E-state index in [9.17, 15) is 8.42 Å². The molecule has 0 aromatic heterocycles. The Hall–Kier alpha value is -1.31. The normalized spacial score (nSPS) is 18.2. The van der Waals surface area contributed by atoms with E-state index in [-0.39, 0.29) is 12.4 Å². The number of methoxy groups -OCH3 is 1. The summed E-state index contributed by atoms with van der Waals surface area (Å²) in [6.07, 6.45) is 1.22. The summed E-state index contributed by atoms with van der Waals surface area (Å²) in [5.41, 5.74) is -0.507. The average Bonchev–Trinajstić information content (AvgIpc) is 2.45. The number of ether oxygens (including phenoxy) is 3. The molecule has 0 saturated carbocycles. The molecular weight excluding hydrogens is 294 g/mol. The number of hydrogen-bond acceptors (Lipinski definition) is 5. The van der Waals surface area contributed by atoms with Crippen LogP contribution in [0.1, 0.15) is 12.8 Å². The number of para-hydroxylation sites is 2. The first-order valence-corrected chi connectivity index (χ1v) is 8.50. The van der Waals surface area contributed by atoms with Crippen molar-refractivity contribution in [3.63, 3.8) is 0 Å². The lowest BCUT2D eigenvalue weighted by atomic mass is 9.83. The van der Waals surface area contributed by atoms with E-state index in [0.29, 0.717) is 37.6 Å². The van der Waals surface area contributed by atoms with Crippen LogP contribution in [0, 0.1) is 5.41 Å². The Morgan fingerprint density at radius 1 is 1.24 bits per heavy atom. The molecule has 1 saturated heterocycles. The lowest BCUT2D eigenvalue weighted by molar-refractivity contribution is 0.00169. The van der Waals surface area contributed by atoms with E-state index in [0.717, 1.165) is 0 Å². The van der Waals surface area contributed by atoms with Crippen molar-refractivity contribution in [1.82, 2.24) is 0 Å². The van der Waals surface area contributed by atoms with Gasteiger partial charge in [0.2, 0.25) is 10.0 Å². The maximum Gasteiger partial charge on any atom is 0.209 e. The van der Waals surface area contributed by atoms with Gasteiger partial charge in [-0.15, -0.1) is 0 Å². The quantitative estimate of drug-likeness (QED) is 0.851. The van der Waals surface area contributed by atoms with Gasteiger partial charge in [0.1, 0.15) is 0 Å². The molecule has 1 heterocycles. The largest absolute Gasteiger partial charge is 0.493 e. The second kappa shape index (κ2) is 6.64. The predicted octanol–water partition coefficient (Wildman–Crippen LogP) is 1.16. The molecule has 1 aromatic carbocycles. The first-order chi connectivity index (χ1) is 9.94. The minimum absolute atomic E-state index is 0.0987. The van der Waals surface area contributed by atoms with E-state index in [4.69, 9.17) is 19.3 Å². The summed E-state index contributed by atoms with van der Waals surface area (Å²) in [6, 6.07) is 7.28. The summed E-state index contributed by atoms with van der Waals surface area (Å²) < 4.78 is 39.4. The van der Waals surface area contributed by atoms with Crippen LogP contribution in [-0.4, -0.2) is 41.1 Å². The summed E-state index contributed by atoms with van der Waals surface area (Å²) in [5.74, 6) is 1.12. The molecule has 1 fully saturated rings. The molecule has 118 valence electrons. The van der Waals surface area contributed by atoms with Crippen LogP contribution < -0.4 is 14.6 Å². The number of hydrogen-bond donors (Lipinski definition) is 1. The third-order valence-corrected chi connectivity index (χ3v) is 4.68. The fourth-order valence-corrected chi connectivity index (χ4v) is 3.76. The smallest absolute Gasteiger partial charge is 0.209 e. The van der Waals surface area contributed by atoms with E-state index in [1.165, 1.54) is 0 Å². The lowest BCUT2D eigenvalue weighted by Gasteiger charge is -2.36.